The van der Waals surface area contributed by atoms with E-state index in [2.05, 4.69) is 41.4 Å². The van der Waals surface area contributed by atoms with Crippen LogP contribution in [-0.4, -0.2) is 23.2 Å². The zero-order valence-electron chi connectivity index (χ0n) is 20.9. The third kappa shape index (κ3) is 8.62. The Kier molecular flexibility index (Phi) is 9.78. The van der Waals surface area contributed by atoms with Crippen LogP contribution in [0.25, 0.3) is 0 Å². The van der Waals surface area contributed by atoms with E-state index in [1.807, 2.05) is 0 Å². The van der Waals surface area contributed by atoms with E-state index in [9.17, 15) is 13.2 Å². The Morgan fingerprint density at radius 3 is 2.36 bits per heavy atom. The van der Waals surface area contributed by atoms with Gasteiger partial charge in [0.1, 0.15) is 22.9 Å². The van der Waals surface area contributed by atoms with Gasteiger partial charge in [-0.05, 0) is 48.7 Å². The van der Waals surface area contributed by atoms with Crippen molar-refractivity contribution in [2.24, 2.45) is 5.92 Å². The molecular weight excluding hydrogens is 469 g/mol. The zero-order valence-corrected chi connectivity index (χ0v) is 20.9. The second kappa shape index (κ2) is 13.0. The Hall–Kier alpha value is -3.49. The van der Waals surface area contributed by atoms with E-state index in [0.717, 1.165) is 31.9 Å². The maximum Gasteiger partial charge on any atom is 0.421 e. The standard InChI is InChI=1S/C27H33F3N4O2/c1-4-5-6-7-15-35-23-10-8-9-21(16-23)32-25-24(27(28,29)30)17-31-26(34-25)33-20-11-13-22(14-12-20)36-18-19(2)3/h8-14,16-17,19H,4-7,15,18H2,1-3H3,(H2,31,32,33,34). The van der Waals surface area contributed by atoms with Crippen molar-refractivity contribution in [2.75, 3.05) is 23.8 Å². The van der Waals surface area contributed by atoms with Gasteiger partial charge in [-0.2, -0.15) is 18.2 Å². The fourth-order valence-electron chi connectivity index (χ4n) is 3.29. The average Bonchev–Trinajstić information content (AvgIpc) is 2.83. The highest BCUT2D eigenvalue weighted by molar-refractivity contribution is 5.64. The molecule has 0 atom stereocenters. The molecule has 194 valence electrons. The summed E-state index contributed by atoms with van der Waals surface area (Å²) in [6.45, 7) is 7.40. The summed E-state index contributed by atoms with van der Waals surface area (Å²) in [7, 11) is 0. The largest absolute Gasteiger partial charge is 0.494 e. The molecule has 0 unspecified atom stereocenters. The minimum Gasteiger partial charge on any atom is -0.494 e. The maximum absolute atomic E-state index is 13.7. The molecule has 0 bridgehead atoms. The van der Waals surface area contributed by atoms with E-state index in [1.165, 1.54) is 0 Å². The number of benzene rings is 2. The molecular formula is C27H33F3N4O2. The number of nitrogens with one attached hydrogen (secondary N) is 2. The van der Waals surface area contributed by atoms with E-state index in [-0.39, 0.29) is 11.8 Å². The second-order valence-corrected chi connectivity index (χ2v) is 8.87. The molecule has 6 nitrogen and oxygen atoms in total. The molecule has 2 aromatic carbocycles. The Labute approximate surface area is 210 Å². The van der Waals surface area contributed by atoms with Crippen molar-refractivity contribution in [3.05, 3.63) is 60.3 Å². The molecule has 0 saturated carbocycles. The van der Waals surface area contributed by atoms with Gasteiger partial charge in [0.05, 0.1) is 13.2 Å². The van der Waals surface area contributed by atoms with Gasteiger partial charge in [-0.25, -0.2) is 4.98 Å². The molecule has 1 aromatic heterocycles. The highest BCUT2D eigenvalue weighted by atomic mass is 19.4. The Balaban J connectivity index is 1.73. The van der Waals surface area contributed by atoms with E-state index in [1.54, 1.807) is 48.5 Å². The third-order valence-corrected chi connectivity index (χ3v) is 5.15. The van der Waals surface area contributed by atoms with Crippen LogP contribution in [0.15, 0.2) is 54.7 Å². The lowest BCUT2D eigenvalue weighted by Crippen LogP contribution is -2.12. The van der Waals surface area contributed by atoms with Crippen LogP contribution in [0.4, 0.5) is 36.3 Å². The first-order chi connectivity index (χ1) is 17.2. The number of unbranched alkanes of at least 4 members (excludes halogenated alkanes) is 3. The summed E-state index contributed by atoms with van der Waals surface area (Å²) in [5, 5.41) is 5.73. The van der Waals surface area contributed by atoms with Gasteiger partial charge in [0.2, 0.25) is 5.95 Å². The Bertz CT molecular complexity index is 1090. The topological polar surface area (TPSA) is 68.3 Å². The van der Waals surface area contributed by atoms with Crippen molar-refractivity contribution in [3.63, 3.8) is 0 Å². The summed E-state index contributed by atoms with van der Waals surface area (Å²) in [5.41, 5.74) is 0.0929. The van der Waals surface area contributed by atoms with Crippen LogP contribution < -0.4 is 20.1 Å². The predicted octanol–water partition coefficient (Wildman–Crippen LogP) is 7.98. The third-order valence-electron chi connectivity index (χ3n) is 5.15. The molecule has 0 fully saturated rings. The van der Waals surface area contributed by atoms with Crippen LogP contribution in [0.1, 0.15) is 52.0 Å². The summed E-state index contributed by atoms with van der Waals surface area (Å²) < 4.78 is 52.4. The van der Waals surface area contributed by atoms with E-state index in [4.69, 9.17) is 9.47 Å². The smallest absolute Gasteiger partial charge is 0.421 e. The normalized spacial score (nSPS) is 11.4. The summed E-state index contributed by atoms with van der Waals surface area (Å²) >= 11 is 0. The van der Waals surface area contributed by atoms with E-state index < -0.39 is 11.7 Å². The van der Waals surface area contributed by atoms with E-state index >= 15 is 0 Å². The van der Waals surface area contributed by atoms with Crippen LogP contribution in [-0.2, 0) is 6.18 Å². The fraction of sp³-hybridized carbons (Fsp3) is 0.407. The van der Waals surface area contributed by atoms with Crippen molar-refractivity contribution in [2.45, 2.75) is 52.6 Å². The van der Waals surface area contributed by atoms with Gasteiger partial charge in [-0.15, -0.1) is 0 Å². The summed E-state index contributed by atoms with van der Waals surface area (Å²) in [6.07, 6.45) is 0.429. The summed E-state index contributed by atoms with van der Waals surface area (Å²) in [4.78, 5) is 7.98. The van der Waals surface area contributed by atoms with Gasteiger partial charge in [-0.3, -0.25) is 0 Å². The van der Waals surface area contributed by atoms with Crippen molar-refractivity contribution < 1.29 is 22.6 Å². The molecule has 3 aromatic rings. The molecule has 0 aliphatic carbocycles. The first-order valence-electron chi connectivity index (χ1n) is 12.2. The van der Waals surface area contributed by atoms with E-state index in [0.29, 0.717) is 42.0 Å². The first-order valence-corrected chi connectivity index (χ1v) is 12.2. The van der Waals surface area contributed by atoms with Crippen LogP contribution in [0.3, 0.4) is 0 Å². The molecule has 2 N–H and O–H groups in total. The van der Waals surface area contributed by atoms with Gasteiger partial charge >= 0.3 is 6.18 Å². The molecule has 9 heteroatoms. The molecule has 36 heavy (non-hydrogen) atoms. The van der Waals surface area contributed by atoms with Gasteiger partial charge in [-0.1, -0.05) is 46.1 Å². The van der Waals surface area contributed by atoms with Crippen LogP contribution in [0, 0.1) is 5.92 Å². The molecule has 1 heterocycles. The number of aromatic nitrogens is 2. The van der Waals surface area contributed by atoms with Gasteiger partial charge < -0.3 is 20.1 Å². The lowest BCUT2D eigenvalue weighted by Gasteiger charge is -2.16. The number of nitrogens with zero attached hydrogens (tertiary/aromatic N) is 2. The van der Waals surface area contributed by atoms with Crippen molar-refractivity contribution in [3.8, 4) is 11.5 Å². The molecule has 0 amide bonds. The molecule has 3 rings (SSSR count). The minimum absolute atomic E-state index is 0.0321. The number of rotatable bonds is 13. The van der Waals surface area contributed by atoms with Gasteiger partial charge in [0, 0.05) is 23.6 Å². The van der Waals surface area contributed by atoms with Crippen molar-refractivity contribution >= 4 is 23.1 Å². The Morgan fingerprint density at radius 2 is 1.67 bits per heavy atom. The second-order valence-electron chi connectivity index (χ2n) is 8.87. The predicted molar refractivity (Wildman–Crippen MR) is 136 cm³/mol. The quantitative estimate of drug-likeness (QED) is 0.231. The minimum atomic E-state index is -4.62. The lowest BCUT2D eigenvalue weighted by atomic mass is 10.2. The van der Waals surface area contributed by atoms with Crippen LogP contribution >= 0.6 is 0 Å². The molecule has 0 aliphatic heterocycles. The van der Waals surface area contributed by atoms with Crippen LogP contribution in [0.5, 0.6) is 11.5 Å². The fourth-order valence-corrected chi connectivity index (χ4v) is 3.29. The summed E-state index contributed by atoms with van der Waals surface area (Å²) in [6, 6.07) is 13.9. The molecule has 0 spiro atoms. The van der Waals surface area contributed by atoms with Crippen LogP contribution in [0.2, 0.25) is 0 Å². The number of ether oxygens (including phenoxy) is 2. The van der Waals surface area contributed by atoms with Gasteiger partial charge in [0.15, 0.2) is 0 Å². The monoisotopic (exact) mass is 502 g/mol. The van der Waals surface area contributed by atoms with Gasteiger partial charge in [0.25, 0.3) is 0 Å². The molecule has 0 radical (unpaired) electrons. The average molecular weight is 503 g/mol. The van der Waals surface area contributed by atoms with Crippen molar-refractivity contribution in [1.29, 1.82) is 0 Å². The number of anilines is 4. The number of hydrogen-bond donors (Lipinski definition) is 2. The maximum atomic E-state index is 13.7. The zero-order chi connectivity index (χ0) is 26.0. The molecule has 0 saturated heterocycles. The number of alkyl halides is 3. The summed E-state index contributed by atoms with van der Waals surface area (Å²) in [5.74, 6) is 1.36. The first kappa shape index (κ1) is 27.1. The Morgan fingerprint density at radius 1 is 0.889 bits per heavy atom. The molecule has 0 aliphatic rings. The lowest BCUT2D eigenvalue weighted by molar-refractivity contribution is -0.137. The SMILES string of the molecule is CCCCCCOc1cccc(Nc2nc(Nc3ccc(OCC(C)C)cc3)ncc2C(F)(F)F)c1. The highest BCUT2D eigenvalue weighted by Crippen LogP contribution is 2.36. The highest BCUT2D eigenvalue weighted by Gasteiger charge is 2.35. The number of hydrogen-bond acceptors (Lipinski definition) is 6. The van der Waals surface area contributed by atoms with Crippen molar-refractivity contribution in [1.82, 2.24) is 9.97 Å². The number of halogens is 3.